The lowest BCUT2D eigenvalue weighted by Crippen LogP contribution is -2.46. The van der Waals surface area contributed by atoms with Crippen LogP contribution in [0.5, 0.6) is 0 Å². The zero-order valence-electron chi connectivity index (χ0n) is 18.2. The second-order valence-electron chi connectivity index (χ2n) is 6.90. The highest BCUT2D eigenvalue weighted by Gasteiger charge is 2.39. The highest BCUT2D eigenvalue weighted by atomic mass is 31.2. The van der Waals surface area contributed by atoms with Gasteiger partial charge in [-0.05, 0) is 31.9 Å². The van der Waals surface area contributed by atoms with E-state index in [0.29, 0.717) is 0 Å². The van der Waals surface area contributed by atoms with E-state index in [4.69, 9.17) is 13.8 Å². The first-order valence-electron chi connectivity index (χ1n) is 10.3. The standard InChI is InChI=1S/C23H30NO6P/c1-4-29-31(27,30-5-2)18(3)22(25)24-21(16-19-12-8-6-9-13-19)23(26)28-17-20-14-10-7-11-15-20/h6-15,18,21H,4-5,16-17H2,1-3H3,(H,24,25)/t18-,21-/m0/s1. The molecule has 1 N–H and O–H groups in total. The summed E-state index contributed by atoms with van der Waals surface area (Å²) >= 11 is 0. The van der Waals surface area contributed by atoms with Crippen LogP contribution in [0, 0.1) is 0 Å². The Balaban J connectivity index is 2.14. The summed E-state index contributed by atoms with van der Waals surface area (Å²) in [6.45, 7) is 5.19. The Morgan fingerprint density at radius 1 is 0.903 bits per heavy atom. The van der Waals surface area contributed by atoms with Gasteiger partial charge in [0.25, 0.3) is 0 Å². The monoisotopic (exact) mass is 447 g/mol. The van der Waals surface area contributed by atoms with Crippen LogP contribution in [0.15, 0.2) is 60.7 Å². The number of hydrogen-bond donors (Lipinski definition) is 1. The summed E-state index contributed by atoms with van der Waals surface area (Å²) in [7, 11) is -3.66. The lowest BCUT2D eigenvalue weighted by atomic mass is 10.1. The maximum absolute atomic E-state index is 13.0. The molecule has 0 aliphatic carbocycles. The lowest BCUT2D eigenvalue weighted by Gasteiger charge is -2.25. The minimum absolute atomic E-state index is 0.0901. The molecule has 0 aliphatic rings. The van der Waals surface area contributed by atoms with Crippen LogP contribution in [-0.4, -0.2) is 36.8 Å². The molecule has 168 valence electrons. The van der Waals surface area contributed by atoms with E-state index >= 15 is 0 Å². The third-order valence-electron chi connectivity index (χ3n) is 4.58. The number of esters is 1. The summed E-state index contributed by atoms with van der Waals surface area (Å²) in [5, 5.41) is 2.68. The summed E-state index contributed by atoms with van der Waals surface area (Å²) in [4.78, 5) is 25.7. The van der Waals surface area contributed by atoms with Gasteiger partial charge in [-0.15, -0.1) is 0 Å². The summed E-state index contributed by atoms with van der Waals surface area (Å²) in [6.07, 6.45) is 0.237. The molecule has 7 nitrogen and oxygen atoms in total. The molecule has 0 fully saturated rings. The summed E-state index contributed by atoms with van der Waals surface area (Å²) in [5.41, 5.74) is 0.619. The van der Waals surface area contributed by atoms with Crippen molar-refractivity contribution in [2.45, 2.75) is 45.5 Å². The van der Waals surface area contributed by atoms with E-state index in [-0.39, 0.29) is 26.2 Å². The first-order valence-corrected chi connectivity index (χ1v) is 11.9. The van der Waals surface area contributed by atoms with Crippen LogP contribution in [0.4, 0.5) is 0 Å². The number of nitrogens with one attached hydrogen (secondary N) is 1. The number of benzene rings is 2. The van der Waals surface area contributed by atoms with Crippen LogP contribution in [0.25, 0.3) is 0 Å². The molecule has 2 aromatic carbocycles. The van der Waals surface area contributed by atoms with Crippen molar-refractivity contribution in [3.05, 3.63) is 71.8 Å². The summed E-state index contributed by atoms with van der Waals surface area (Å²) < 4.78 is 28.9. The van der Waals surface area contributed by atoms with Gasteiger partial charge in [0.1, 0.15) is 18.3 Å². The molecule has 2 rings (SSSR count). The van der Waals surface area contributed by atoms with Gasteiger partial charge < -0.3 is 19.1 Å². The van der Waals surface area contributed by atoms with Crippen molar-refractivity contribution in [3.8, 4) is 0 Å². The maximum Gasteiger partial charge on any atom is 0.342 e. The molecule has 1 amide bonds. The third kappa shape index (κ3) is 7.62. The van der Waals surface area contributed by atoms with E-state index < -0.39 is 31.2 Å². The molecular weight excluding hydrogens is 417 g/mol. The third-order valence-corrected chi connectivity index (χ3v) is 7.00. The Morgan fingerprint density at radius 3 is 1.94 bits per heavy atom. The van der Waals surface area contributed by atoms with Gasteiger partial charge in [-0.25, -0.2) is 4.79 Å². The van der Waals surface area contributed by atoms with Gasteiger partial charge in [0.2, 0.25) is 5.91 Å². The van der Waals surface area contributed by atoms with Crippen LogP contribution in [0.3, 0.4) is 0 Å². The normalized spacial score (nSPS) is 13.3. The van der Waals surface area contributed by atoms with Crippen molar-refractivity contribution < 1.29 is 27.9 Å². The Bertz CT molecular complexity index is 864. The smallest absolute Gasteiger partial charge is 0.342 e. The topological polar surface area (TPSA) is 90.9 Å². The maximum atomic E-state index is 13.0. The van der Waals surface area contributed by atoms with E-state index in [1.165, 1.54) is 6.92 Å². The van der Waals surface area contributed by atoms with E-state index in [1.807, 2.05) is 60.7 Å². The van der Waals surface area contributed by atoms with Crippen LogP contribution in [-0.2, 0) is 41.0 Å². The summed E-state index contributed by atoms with van der Waals surface area (Å²) in [6, 6.07) is 17.6. The Hall–Kier alpha value is -2.47. The minimum Gasteiger partial charge on any atom is -0.459 e. The Kier molecular flexibility index (Phi) is 9.92. The molecule has 8 heteroatoms. The van der Waals surface area contributed by atoms with E-state index in [2.05, 4.69) is 5.32 Å². The Labute approximate surface area is 183 Å². The van der Waals surface area contributed by atoms with Crippen molar-refractivity contribution in [2.75, 3.05) is 13.2 Å². The number of hydrogen-bond acceptors (Lipinski definition) is 6. The first-order chi connectivity index (χ1) is 14.9. The summed E-state index contributed by atoms with van der Waals surface area (Å²) in [5.74, 6) is -1.17. The molecule has 0 unspecified atom stereocenters. The SMILES string of the molecule is CCOP(=O)(OCC)[C@@H](C)C(=O)N[C@@H](Cc1ccccc1)C(=O)OCc1ccccc1. The van der Waals surface area contributed by atoms with Gasteiger partial charge in [-0.2, -0.15) is 0 Å². The zero-order valence-corrected chi connectivity index (χ0v) is 19.0. The van der Waals surface area contributed by atoms with E-state index in [1.54, 1.807) is 13.8 Å². The Morgan fingerprint density at radius 2 is 1.42 bits per heavy atom. The van der Waals surface area contributed by atoms with Gasteiger partial charge in [-0.3, -0.25) is 9.36 Å². The van der Waals surface area contributed by atoms with Crippen molar-refractivity contribution in [1.82, 2.24) is 5.32 Å². The van der Waals surface area contributed by atoms with Gasteiger partial charge >= 0.3 is 13.6 Å². The highest BCUT2D eigenvalue weighted by molar-refractivity contribution is 7.55. The second-order valence-corrected chi connectivity index (χ2v) is 9.27. The van der Waals surface area contributed by atoms with E-state index in [9.17, 15) is 14.2 Å². The van der Waals surface area contributed by atoms with Crippen molar-refractivity contribution in [3.63, 3.8) is 0 Å². The fourth-order valence-corrected chi connectivity index (χ4v) is 4.53. The molecule has 2 atom stereocenters. The predicted molar refractivity (Wildman–Crippen MR) is 119 cm³/mol. The number of ether oxygens (including phenoxy) is 1. The predicted octanol–water partition coefficient (Wildman–Crippen LogP) is 4.11. The molecule has 0 saturated carbocycles. The molecule has 0 heterocycles. The van der Waals surface area contributed by atoms with Crippen molar-refractivity contribution in [1.29, 1.82) is 0 Å². The molecular formula is C23H30NO6P. The van der Waals surface area contributed by atoms with Gasteiger partial charge in [-0.1, -0.05) is 60.7 Å². The fourth-order valence-electron chi connectivity index (χ4n) is 2.93. The van der Waals surface area contributed by atoms with Gasteiger partial charge in [0, 0.05) is 6.42 Å². The van der Waals surface area contributed by atoms with Gasteiger partial charge in [0.15, 0.2) is 0 Å². The molecule has 2 aromatic rings. The molecule has 0 aromatic heterocycles. The van der Waals surface area contributed by atoms with Gasteiger partial charge in [0.05, 0.1) is 13.2 Å². The average molecular weight is 447 g/mol. The van der Waals surface area contributed by atoms with Crippen LogP contribution >= 0.6 is 7.60 Å². The molecule has 0 spiro atoms. The van der Waals surface area contributed by atoms with Crippen LogP contribution < -0.4 is 5.32 Å². The zero-order chi connectivity index (χ0) is 22.7. The van der Waals surface area contributed by atoms with Crippen molar-refractivity contribution in [2.24, 2.45) is 0 Å². The number of carbonyl (C=O) groups excluding carboxylic acids is 2. The van der Waals surface area contributed by atoms with Crippen molar-refractivity contribution >= 4 is 19.5 Å². The molecule has 31 heavy (non-hydrogen) atoms. The molecule has 0 aliphatic heterocycles. The lowest BCUT2D eigenvalue weighted by molar-refractivity contribution is -0.149. The minimum atomic E-state index is -3.66. The largest absolute Gasteiger partial charge is 0.459 e. The fraction of sp³-hybridized carbons (Fsp3) is 0.391. The molecule has 0 bridgehead atoms. The number of carbonyl (C=O) groups is 2. The number of amides is 1. The van der Waals surface area contributed by atoms with Crippen LogP contribution in [0.1, 0.15) is 31.9 Å². The van der Waals surface area contributed by atoms with Crippen LogP contribution in [0.2, 0.25) is 0 Å². The number of rotatable bonds is 12. The quantitative estimate of drug-likeness (QED) is 0.389. The molecule has 0 radical (unpaired) electrons. The first kappa shape index (κ1) is 24.8. The molecule has 0 saturated heterocycles. The average Bonchev–Trinajstić information content (AvgIpc) is 2.78. The van der Waals surface area contributed by atoms with E-state index in [0.717, 1.165) is 11.1 Å². The second kappa shape index (κ2) is 12.4. The highest BCUT2D eigenvalue weighted by Crippen LogP contribution is 2.52.